The lowest BCUT2D eigenvalue weighted by atomic mass is 10.0. The van der Waals surface area contributed by atoms with Crippen LogP contribution in [0.25, 0.3) is 21.1 Å². The number of fused-ring (bicyclic) bond motifs is 2. The van der Waals surface area contributed by atoms with E-state index in [1.807, 2.05) is 10.3 Å². The number of hydrogen-bond donors (Lipinski definition) is 1. The number of thiazole rings is 2. The Hall–Kier alpha value is -3.29. The van der Waals surface area contributed by atoms with Crippen molar-refractivity contribution in [2.45, 2.75) is 69.6 Å². The number of alkyl halides is 3. The maximum Gasteiger partial charge on any atom is 0.416 e. The van der Waals surface area contributed by atoms with Crippen molar-refractivity contribution < 1.29 is 27.9 Å². The molecule has 1 aromatic carbocycles. The highest BCUT2D eigenvalue weighted by atomic mass is 32.1. The zero-order valence-electron chi connectivity index (χ0n) is 22.7. The zero-order chi connectivity index (χ0) is 29.8. The number of rotatable bonds is 5. The van der Waals surface area contributed by atoms with E-state index in [2.05, 4.69) is 9.97 Å². The molecule has 3 atom stereocenters. The molecule has 1 saturated heterocycles. The van der Waals surface area contributed by atoms with Crippen LogP contribution >= 0.6 is 22.7 Å². The van der Waals surface area contributed by atoms with Gasteiger partial charge >= 0.3 is 12.1 Å². The Kier molecular flexibility index (Phi) is 7.60. The zero-order valence-corrected chi connectivity index (χ0v) is 24.4. The fraction of sp³-hybridized carbons (Fsp3) is 0.448. The molecule has 1 aliphatic heterocycles. The Balaban J connectivity index is 0.000000219. The largest absolute Gasteiger partial charge is 0.676 e. The maximum atomic E-state index is 13.7. The van der Waals surface area contributed by atoms with Gasteiger partial charge in [-0.2, -0.15) is 13.2 Å². The van der Waals surface area contributed by atoms with Crippen LogP contribution in [-0.4, -0.2) is 54.9 Å². The number of carboxylic acids is 1. The Morgan fingerprint density at radius 1 is 1.17 bits per heavy atom. The van der Waals surface area contributed by atoms with E-state index >= 15 is 0 Å². The summed E-state index contributed by atoms with van der Waals surface area (Å²) < 4.78 is 41.4. The van der Waals surface area contributed by atoms with Crippen LogP contribution in [0.1, 0.15) is 81.7 Å². The number of hydrogen-bond acceptors (Lipinski definition) is 6. The van der Waals surface area contributed by atoms with Gasteiger partial charge in [-0.05, 0) is 62.6 Å². The highest BCUT2D eigenvalue weighted by Gasteiger charge is 2.46. The highest BCUT2D eigenvalue weighted by Crippen LogP contribution is 2.47. The van der Waals surface area contributed by atoms with E-state index < -0.39 is 17.7 Å². The minimum absolute atomic E-state index is 0.131. The standard InChI is InChI=1S/C22H23F3N3OS.C7H6N2O2S/c23-22(24,25)15-5-1-4-14(9-15)19-18(27-20(30-19)12-7-8-12)21(29)28-16(11-26)10-13-3-2-6-17(13)28;1-4-5(6(10)11)9-2-3-12-7(9)8-4/h1,4-5,9,12-13,16-17,26H,2-3,6-8,10-11H2;2-3H,1H3,(H,10,11)/q-1;/t13-,16-,17-;/m0./s1. The van der Waals surface area contributed by atoms with Crippen LogP contribution in [0.2, 0.25) is 0 Å². The van der Waals surface area contributed by atoms with E-state index in [0.717, 1.165) is 60.6 Å². The molecule has 3 fully saturated rings. The molecular weight excluding hydrogens is 587 g/mol. The first kappa shape index (κ1) is 28.8. The molecule has 1 amide bonds. The lowest BCUT2D eigenvalue weighted by molar-refractivity contribution is -0.137. The van der Waals surface area contributed by atoms with Crippen LogP contribution in [0.3, 0.4) is 0 Å². The van der Waals surface area contributed by atoms with Crippen molar-refractivity contribution in [1.29, 1.82) is 0 Å². The summed E-state index contributed by atoms with van der Waals surface area (Å²) in [4.78, 5) is 36.2. The molecule has 42 heavy (non-hydrogen) atoms. The molecule has 8 nitrogen and oxygen atoms in total. The number of aryl methyl sites for hydroxylation is 1. The van der Waals surface area contributed by atoms with Crippen LogP contribution < -0.4 is 0 Å². The summed E-state index contributed by atoms with van der Waals surface area (Å²) in [7, 11) is 0. The molecule has 3 aliphatic rings. The molecule has 13 heteroatoms. The number of aromatic carboxylic acids is 1. The van der Waals surface area contributed by atoms with E-state index in [-0.39, 0.29) is 35.9 Å². The summed E-state index contributed by atoms with van der Waals surface area (Å²) in [5.41, 5.74) is 8.69. The molecule has 4 aromatic rings. The lowest BCUT2D eigenvalue weighted by Gasteiger charge is -2.31. The number of carbonyl (C=O) groups excluding carboxylic acids is 1. The van der Waals surface area contributed by atoms with E-state index in [4.69, 9.17) is 10.8 Å². The van der Waals surface area contributed by atoms with Gasteiger partial charge in [-0.25, -0.2) is 14.8 Å². The summed E-state index contributed by atoms with van der Waals surface area (Å²) >= 11 is 2.78. The summed E-state index contributed by atoms with van der Waals surface area (Å²) in [5, 5.41) is 11.5. The minimum atomic E-state index is -4.44. The van der Waals surface area contributed by atoms with E-state index in [0.29, 0.717) is 28.0 Å². The average Bonchev–Trinajstić information content (AvgIpc) is 3.33. The summed E-state index contributed by atoms with van der Waals surface area (Å²) in [5.74, 6) is -0.399. The molecule has 2 saturated carbocycles. The number of benzene rings is 1. The van der Waals surface area contributed by atoms with Gasteiger partial charge in [-0.1, -0.05) is 18.6 Å². The molecule has 0 bridgehead atoms. The molecule has 7 rings (SSSR count). The summed E-state index contributed by atoms with van der Waals surface area (Å²) in [6.45, 7) is 1.85. The monoisotopic (exact) mass is 616 g/mol. The second kappa shape index (κ2) is 11.1. The number of halogens is 3. The predicted molar refractivity (Wildman–Crippen MR) is 154 cm³/mol. The van der Waals surface area contributed by atoms with E-state index in [1.54, 1.807) is 23.6 Å². The SMILES string of the molecule is Cc1nc2sccn2c1C(=O)O.[NH-]C[C@@H]1C[C@@H]2CCC[C@@H]2N1C(=O)c1nc(C2CC2)sc1-c1cccc(C(F)(F)F)c1. The third kappa shape index (κ3) is 5.33. The Labute approximate surface area is 248 Å². The second-order valence-electron chi connectivity index (χ2n) is 11.1. The van der Waals surface area contributed by atoms with Crippen molar-refractivity contribution in [3.8, 4) is 10.4 Å². The minimum Gasteiger partial charge on any atom is -0.676 e. The van der Waals surface area contributed by atoms with Crippen LogP contribution in [-0.2, 0) is 6.18 Å². The Morgan fingerprint density at radius 2 is 1.95 bits per heavy atom. The smallest absolute Gasteiger partial charge is 0.416 e. The van der Waals surface area contributed by atoms with Gasteiger partial charge in [0.1, 0.15) is 5.69 Å². The second-order valence-corrected chi connectivity index (χ2v) is 13.0. The quantitative estimate of drug-likeness (QED) is 0.249. The molecule has 222 valence electrons. The van der Waals surface area contributed by atoms with Crippen molar-refractivity contribution in [3.05, 3.63) is 69.2 Å². The fourth-order valence-corrected chi connectivity index (χ4v) is 8.17. The van der Waals surface area contributed by atoms with Gasteiger partial charge in [0.15, 0.2) is 10.7 Å². The third-order valence-corrected chi connectivity index (χ3v) is 10.3. The molecule has 0 spiro atoms. The number of aromatic nitrogens is 3. The first-order valence-electron chi connectivity index (χ1n) is 13.9. The van der Waals surface area contributed by atoms with E-state index in [1.165, 1.54) is 28.7 Å². The van der Waals surface area contributed by atoms with Crippen LogP contribution in [0.5, 0.6) is 0 Å². The van der Waals surface area contributed by atoms with Gasteiger partial charge in [0.2, 0.25) is 0 Å². The Bertz CT molecular complexity index is 1640. The van der Waals surface area contributed by atoms with Crippen molar-refractivity contribution >= 4 is 39.5 Å². The van der Waals surface area contributed by atoms with Gasteiger partial charge in [0, 0.05) is 29.6 Å². The normalized spacial score (nSPS) is 21.8. The van der Waals surface area contributed by atoms with Crippen molar-refractivity contribution in [3.63, 3.8) is 0 Å². The third-order valence-electron chi connectivity index (χ3n) is 8.28. The van der Waals surface area contributed by atoms with E-state index in [9.17, 15) is 22.8 Å². The molecular formula is C29H29F3N5O3S2-. The van der Waals surface area contributed by atoms with Crippen LogP contribution in [0.4, 0.5) is 13.2 Å². The van der Waals surface area contributed by atoms with Gasteiger partial charge in [-0.15, -0.1) is 29.2 Å². The van der Waals surface area contributed by atoms with Gasteiger partial charge in [0.05, 0.1) is 21.1 Å². The van der Waals surface area contributed by atoms with Gasteiger partial charge < -0.3 is 15.7 Å². The predicted octanol–water partition coefficient (Wildman–Crippen LogP) is 7.54. The number of carbonyl (C=O) groups is 2. The number of nitrogens with zero attached hydrogens (tertiary/aromatic N) is 4. The number of likely N-dealkylation sites (tertiary alicyclic amines) is 1. The maximum absolute atomic E-state index is 13.7. The van der Waals surface area contributed by atoms with Gasteiger partial charge in [-0.3, -0.25) is 9.20 Å². The molecule has 3 aromatic heterocycles. The summed E-state index contributed by atoms with van der Waals surface area (Å²) in [6, 6.07) is 5.18. The first-order valence-corrected chi connectivity index (χ1v) is 15.6. The molecule has 0 radical (unpaired) electrons. The van der Waals surface area contributed by atoms with Crippen molar-refractivity contribution in [2.24, 2.45) is 5.92 Å². The number of imidazole rings is 1. The first-order chi connectivity index (χ1) is 20.1. The topological polar surface area (TPSA) is 112 Å². The number of amides is 1. The van der Waals surface area contributed by atoms with Crippen molar-refractivity contribution in [2.75, 3.05) is 6.54 Å². The van der Waals surface area contributed by atoms with Crippen molar-refractivity contribution in [1.82, 2.24) is 19.3 Å². The lowest BCUT2D eigenvalue weighted by Crippen LogP contribution is -2.42. The molecule has 4 heterocycles. The average molecular weight is 617 g/mol. The molecule has 2 aliphatic carbocycles. The number of nitrogens with one attached hydrogen (secondary N) is 1. The molecule has 0 unspecified atom stereocenters. The van der Waals surface area contributed by atoms with Crippen LogP contribution in [0.15, 0.2) is 35.8 Å². The Morgan fingerprint density at radius 3 is 2.64 bits per heavy atom. The van der Waals surface area contributed by atoms with Crippen LogP contribution in [0, 0.1) is 12.8 Å². The number of carboxylic acid groups (broad SMARTS) is 1. The highest BCUT2D eigenvalue weighted by molar-refractivity contribution is 7.15. The fourth-order valence-electron chi connectivity index (χ4n) is 6.18. The summed E-state index contributed by atoms with van der Waals surface area (Å²) in [6.07, 6.45) is 3.23. The molecule has 2 N–H and O–H groups in total. The van der Waals surface area contributed by atoms with Gasteiger partial charge in [0.25, 0.3) is 5.91 Å².